The highest BCUT2D eigenvalue weighted by Crippen LogP contribution is 2.41. The fourth-order valence-electron chi connectivity index (χ4n) is 4.34. The smallest absolute Gasteiger partial charge is 0.283 e. The fraction of sp³-hybridized carbons (Fsp3) is 0.250. The fourth-order valence-corrected chi connectivity index (χ4v) is 4.34. The van der Waals surface area contributed by atoms with E-state index < -0.39 is 17.6 Å². The Morgan fingerprint density at radius 1 is 1.14 bits per heavy atom. The predicted molar refractivity (Wildman–Crippen MR) is 140 cm³/mol. The van der Waals surface area contributed by atoms with Crippen LogP contribution in [0.1, 0.15) is 44.9 Å². The summed E-state index contributed by atoms with van der Waals surface area (Å²) in [6.45, 7) is 7.30. The highest BCUT2D eigenvalue weighted by molar-refractivity contribution is 6.06. The molecule has 0 spiro atoms. The van der Waals surface area contributed by atoms with Gasteiger partial charge in [-0.25, -0.2) is 4.39 Å². The van der Waals surface area contributed by atoms with E-state index in [0.29, 0.717) is 46.3 Å². The molecular weight excluding hydrogens is 475 g/mol. The predicted octanol–water partition coefficient (Wildman–Crippen LogP) is 4.63. The second kappa shape index (κ2) is 10.3. The third-order valence-electron chi connectivity index (χ3n) is 6.42. The normalized spacial score (nSPS) is 12.6. The van der Waals surface area contributed by atoms with Gasteiger partial charge in [-0.15, -0.1) is 0 Å². The van der Waals surface area contributed by atoms with Crippen LogP contribution in [0.4, 0.5) is 10.1 Å². The van der Waals surface area contributed by atoms with Crippen molar-refractivity contribution >= 4 is 23.4 Å². The van der Waals surface area contributed by atoms with Gasteiger partial charge in [-0.2, -0.15) is 0 Å². The number of anilines is 1. The molecule has 0 bridgehead atoms. The zero-order valence-electron chi connectivity index (χ0n) is 21.0. The molecule has 4 rings (SSSR count). The summed E-state index contributed by atoms with van der Waals surface area (Å²) in [4.78, 5) is 39.9. The number of primary amides is 1. The summed E-state index contributed by atoms with van der Waals surface area (Å²) in [6, 6.07) is 10.2. The van der Waals surface area contributed by atoms with Gasteiger partial charge in [0.05, 0.1) is 12.7 Å². The summed E-state index contributed by atoms with van der Waals surface area (Å²) in [7, 11) is 1.48. The monoisotopic (exact) mass is 504 g/mol. The second-order valence-corrected chi connectivity index (χ2v) is 9.20. The third-order valence-corrected chi connectivity index (χ3v) is 6.42. The molecule has 0 radical (unpaired) electrons. The van der Waals surface area contributed by atoms with Gasteiger partial charge in [0.1, 0.15) is 11.4 Å². The van der Waals surface area contributed by atoms with Crippen molar-refractivity contribution < 1.29 is 23.5 Å². The van der Waals surface area contributed by atoms with E-state index >= 15 is 0 Å². The number of nitrogens with one attached hydrogen (secondary N) is 3. The van der Waals surface area contributed by atoms with E-state index in [-0.39, 0.29) is 11.6 Å². The summed E-state index contributed by atoms with van der Waals surface area (Å²) in [5.74, 6) is -1.97. The van der Waals surface area contributed by atoms with Crippen LogP contribution in [0, 0.1) is 19.8 Å². The standard InChI is InChI=1S/C28H29FN4O4/c1-14-11-19(33-27(35)15(2)29)8-10-20(14)23-16(3)32-25(26(30)34)24(23)18-7-9-21(22(12-18)37-4)28(36)31-13-17-5-6-17/h7-12,17,32H,2,5-6,13H2,1,3-4H3,(H2,30,34)(H,31,36)(H,33,35). The number of amides is 3. The van der Waals surface area contributed by atoms with Crippen LogP contribution in [0.5, 0.6) is 5.75 Å². The average Bonchev–Trinajstić information content (AvgIpc) is 3.63. The molecule has 0 atom stereocenters. The minimum absolute atomic E-state index is 0.214. The molecule has 37 heavy (non-hydrogen) atoms. The van der Waals surface area contributed by atoms with Gasteiger partial charge < -0.3 is 26.1 Å². The lowest BCUT2D eigenvalue weighted by atomic mass is 9.91. The first-order chi connectivity index (χ1) is 17.6. The Labute approximate surface area is 214 Å². The maximum Gasteiger partial charge on any atom is 0.283 e. The number of halogens is 1. The third kappa shape index (κ3) is 5.40. The maximum atomic E-state index is 13.1. The number of hydrogen-bond acceptors (Lipinski definition) is 4. The molecule has 192 valence electrons. The number of H-pyrrole nitrogens is 1. The van der Waals surface area contributed by atoms with Crippen LogP contribution in [0.2, 0.25) is 0 Å². The number of nitrogens with two attached hydrogens (primary N) is 1. The molecule has 5 N–H and O–H groups in total. The highest BCUT2D eigenvalue weighted by atomic mass is 19.1. The van der Waals surface area contributed by atoms with Gasteiger partial charge in [0.25, 0.3) is 17.7 Å². The van der Waals surface area contributed by atoms with E-state index in [1.54, 1.807) is 36.4 Å². The van der Waals surface area contributed by atoms with E-state index in [0.717, 1.165) is 29.5 Å². The van der Waals surface area contributed by atoms with Crippen molar-refractivity contribution in [3.05, 3.63) is 71.3 Å². The number of hydrogen-bond donors (Lipinski definition) is 4. The molecule has 8 nitrogen and oxygen atoms in total. The zero-order chi connectivity index (χ0) is 26.9. The SMILES string of the molecule is C=C(F)C(=O)Nc1ccc(-c2c(C)[nH]c(C(N)=O)c2-c2ccc(C(=O)NCC3CC3)c(OC)c2)c(C)c1. The molecule has 1 saturated carbocycles. The zero-order valence-corrected chi connectivity index (χ0v) is 21.0. The lowest BCUT2D eigenvalue weighted by molar-refractivity contribution is -0.114. The molecule has 3 amide bonds. The number of aryl methyl sites for hydroxylation is 2. The molecule has 1 aliphatic rings. The Bertz CT molecular complexity index is 1420. The summed E-state index contributed by atoms with van der Waals surface area (Å²) < 4.78 is 18.7. The van der Waals surface area contributed by atoms with E-state index in [1.165, 1.54) is 7.11 Å². The number of aromatic nitrogens is 1. The van der Waals surface area contributed by atoms with Crippen molar-refractivity contribution in [2.75, 3.05) is 19.0 Å². The molecule has 9 heteroatoms. The van der Waals surface area contributed by atoms with Gasteiger partial charge in [0, 0.05) is 29.1 Å². The molecule has 3 aromatic rings. The number of methoxy groups -OCH3 is 1. The van der Waals surface area contributed by atoms with Crippen LogP contribution >= 0.6 is 0 Å². The molecule has 2 aromatic carbocycles. The lowest BCUT2D eigenvalue weighted by Crippen LogP contribution is -2.26. The average molecular weight is 505 g/mol. The number of carbonyl (C=O) groups excluding carboxylic acids is 3. The van der Waals surface area contributed by atoms with E-state index in [1.807, 2.05) is 13.8 Å². The summed E-state index contributed by atoms with van der Waals surface area (Å²) in [6.07, 6.45) is 2.25. The Balaban J connectivity index is 1.78. The first kappa shape index (κ1) is 25.7. The van der Waals surface area contributed by atoms with Crippen molar-refractivity contribution in [2.45, 2.75) is 26.7 Å². The van der Waals surface area contributed by atoms with Crippen molar-refractivity contribution in [1.82, 2.24) is 10.3 Å². The Morgan fingerprint density at radius 3 is 2.46 bits per heavy atom. The van der Waals surface area contributed by atoms with E-state index in [9.17, 15) is 18.8 Å². The summed E-state index contributed by atoms with van der Waals surface area (Å²) >= 11 is 0. The van der Waals surface area contributed by atoms with Gasteiger partial charge in [-0.3, -0.25) is 14.4 Å². The number of carbonyl (C=O) groups is 3. The van der Waals surface area contributed by atoms with Gasteiger partial charge in [0.15, 0.2) is 5.83 Å². The van der Waals surface area contributed by atoms with Gasteiger partial charge >= 0.3 is 0 Å². The van der Waals surface area contributed by atoms with Crippen molar-refractivity contribution in [2.24, 2.45) is 11.7 Å². The number of rotatable bonds is 9. The van der Waals surface area contributed by atoms with Gasteiger partial charge in [-0.1, -0.05) is 18.7 Å². The number of ether oxygens (including phenoxy) is 1. The molecule has 0 aliphatic heterocycles. The van der Waals surface area contributed by atoms with Crippen LogP contribution in [0.3, 0.4) is 0 Å². The number of benzene rings is 2. The van der Waals surface area contributed by atoms with Gasteiger partial charge in [0.2, 0.25) is 0 Å². The van der Waals surface area contributed by atoms with Crippen molar-refractivity contribution in [3.8, 4) is 28.0 Å². The molecule has 0 saturated heterocycles. The van der Waals surface area contributed by atoms with Crippen LogP contribution in [-0.2, 0) is 4.79 Å². The van der Waals surface area contributed by atoms with Crippen LogP contribution in [0.25, 0.3) is 22.3 Å². The molecular formula is C28H29FN4O4. The van der Waals surface area contributed by atoms with Crippen LogP contribution in [-0.4, -0.2) is 36.4 Å². The lowest BCUT2D eigenvalue weighted by Gasteiger charge is -2.15. The summed E-state index contributed by atoms with van der Waals surface area (Å²) in [5, 5.41) is 5.39. The maximum absolute atomic E-state index is 13.1. The minimum Gasteiger partial charge on any atom is -0.496 e. The Hall–Kier alpha value is -4.40. The molecule has 1 fully saturated rings. The first-order valence-corrected chi connectivity index (χ1v) is 11.9. The van der Waals surface area contributed by atoms with Crippen molar-refractivity contribution in [3.63, 3.8) is 0 Å². The molecule has 1 heterocycles. The van der Waals surface area contributed by atoms with E-state index in [4.69, 9.17) is 10.5 Å². The van der Waals surface area contributed by atoms with Gasteiger partial charge in [-0.05, 0) is 73.6 Å². The Kier molecular flexibility index (Phi) is 7.15. The minimum atomic E-state index is -1.09. The topological polar surface area (TPSA) is 126 Å². The number of aromatic amines is 1. The van der Waals surface area contributed by atoms with E-state index in [2.05, 4.69) is 22.2 Å². The highest BCUT2D eigenvalue weighted by Gasteiger charge is 2.25. The molecule has 1 aromatic heterocycles. The van der Waals surface area contributed by atoms with Crippen molar-refractivity contribution in [1.29, 1.82) is 0 Å². The largest absolute Gasteiger partial charge is 0.496 e. The second-order valence-electron chi connectivity index (χ2n) is 9.20. The first-order valence-electron chi connectivity index (χ1n) is 11.9. The van der Waals surface area contributed by atoms with Crippen LogP contribution < -0.4 is 21.1 Å². The Morgan fingerprint density at radius 2 is 1.86 bits per heavy atom. The molecule has 0 unspecified atom stereocenters. The quantitative estimate of drug-likeness (QED) is 0.317. The summed E-state index contributed by atoms with van der Waals surface area (Å²) in [5.41, 5.74) is 10.9. The van der Waals surface area contributed by atoms with Crippen LogP contribution in [0.15, 0.2) is 48.8 Å². The molecule has 1 aliphatic carbocycles.